The van der Waals surface area contributed by atoms with Gasteiger partial charge in [-0.25, -0.2) is 4.68 Å². The van der Waals surface area contributed by atoms with Gasteiger partial charge >= 0.3 is 0 Å². The fraction of sp³-hybridized carbons (Fsp3) is 0. The second-order valence-electron chi connectivity index (χ2n) is 3.46. The van der Waals surface area contributed by atoms with E-state index in [1.54, 1.807) is 18.2 Å². The van der Waals surface area contributed by atoms with Gasteiger partial charge in [0.15, 0.2) is 0 Å². The molecule has 0 aliphatic heterocycles. The van der Waals surface area contributed by atoms with Crippen molar-refractivity contribution in [3.8, 4) is 0 Å². The molecule has 0 saturated heterocycles. The molecule has 0 bridgehead atoms. The summed E-state index contributed by atoms with van der Waals surface area (Å²) in [7, 11) is 0. The maximum absolute atomic E-state index is 10.5. The molecule has 1 aromatic carbocycles. The highest BCUT2D eigenvalue weighted by molar-refractivity contribution is 6.41. The van der Waals surface area contributed by atoms with E-state index in [4.69, 9.17) is 11.6 Å². The van der Waals surface area contributed by atoms with E-state index >= 15 is 0 Å². The molecule has 0 spiro atoms. The van der Waals surface area contributed by atoms with Gasteiger partial charge in [0.2, 0.25) is 0 Å². The minimum atomic E-state index is -0.456. The van der Waals surface area contributed by atoms with Crippen molar-refractivity contribution in [1.29, 1.82) is 0 Å². The van der Waals surface area contributed by atoms with Crippen LogP contribution in [0.1, 0.15) is 5.56 Å². The van der Waals surface area contributed by atoms with E-state index in [-0.39, 0.29) is 5.69 Å². The summed E-state index contributed by atoms with van der Waals surface area (Å²) in [6, 6.07) is 6.03. The molecular weight excluding hydrogens is 270 g/mol. The van der Waals surface area contributed by atoms with Crippen LogP contribution in [0.5, 0.6) is 0 Å². The van der Waals surface area contributed by atoms with Crippen LogP contribution in [0, 0.1) is 10.1 Å². The predicted molar refractivity (Wildman–Crippen MR) is 70.8 cm³/mol. The number of aromatic nitrogens is 3. The highest BCUT2D eigenvalue weighted by Crippen LogP contribution is 2.15. The summed E-state index contributed by atoms with van der Waals surface area (Å²) in [6.45, 7) is 0. The Morgan fingerprint density at radius 2 is 1.95 bits per heavy atom. The van der Waals surface area contributed by atoms with E-state index in [0.29, 0.717) is 5.03 Å². The van der Waals surface area contributed by atoms with Gasteiger partial charge in [0.25, 0.3) is 5.69 Å². The minimum absolute atomic E-state index is 0.0337. The molecule has 8 heteroatoms. The van der Waals surface area contributed by atoms with Gasteiger partial charge in [0.05, 0.1) is 16.2 Å². The van der Waals surface area contributed by atoms with Crippen molar-refractivity contribution in [2.75, 3.05) is 0 Å². The van der Waals surface area contributed by atoms with Crippen molar-refractivity contribution >= 4 is 29.6 Å². The van der Waals surface area contributed by atoms with Crippen molar-refractivity contribution in [2.45, 2.75) is 0 Å². The van der Waals surface area contributed by atoms with Crippen LogP contribution in [0.2, 0.25) is 0 Å². The third kappa shape index (κ3) is 3.71. The standard InChI is InChI=1S/C11H8ClN5O2/c12-10(6-15-16-7-13-14-8-16)5-9-1-3-11(4-2-9)17(18)19/h1-8H. The topological polar surface area (TPSA) is 86.2 Å². The quantitative estimate of drug-likeness (QED) is 0.487. The lowest BCUT2D eigenvalue weighted by Crippen LogP contribution is -1.87. The first-order chi connectivity index (χ1) is 9.15. The molecule has 96 valence electrons. The maximum Gasteiger partial charge on any atom is 0.269 e. The molecule has 0 saturated carbocycles. The van der Waals surface area contributed by atoms with Gasteiger partial charge in [0, 0.05) is 12.1 Å². The van der Waals surface area contributed by atoms with Gasteiger partial charge in [-0.1, -0.05) is 11.6 Å². The Morgan fingerprint density at radius 1 is 1.32 bits per heavy atom. The fourth-order valence-electron chi connectivity index (χ4n) is 1.27. The molecule has 2 aromatic rings. The molecule has 0 aliphatic rings. The zero-order valence-corrected chi connectivity index (χ0v) is 10.3. The van der Waals surface area contributed by atoms with Gasteiger partial charge < -0.3 is 0 Å². The molecule has 0 atom stereocenters. The Kier molecular flexibility index (Phi) is 3.99. The van der Waals surface area contributed by atoms with Crippen molar-refractivity contribution in [3.05, 3.63) is 57.6 Å². The van der Waals surface area contributed by atoms with Crippen LogP contribution in [-0.4, -0.2) is 26.0 Å². The Bertz CT molecular complexity index is 619. The molecule has 0 unspecified atom stereocenters. The third-order valence-electron chi connectivity index (χ3n) is 2.13. The lowest BCUT2D eigenvalue weighted by molar-refractivity contribution is -0.384. The normalized spacial score (nSPS) is 11.9. The average Bonchev–Trinajstić information content (AvgIpc) is 2.90. The molecule has 0 fully saturated rings. The predicted octanol–water partition coefficient (Wildman–Crippen LogP) is 2.30. The Labute approximate surface area is 113 Å². The average molecular weight is 278 g/mol. The molecule has 0 N–H and O–H groups in total. The van der Waals surface area contributed by atoms with E-state index in [9.17, 15) is 10.1 Å². The Hall–Kier alpha value is -2.54. The summed E-state index contributed by atoms with van der Waals surface area (Å²) < 4.78 is 1.39. The van der Waals surface area contributed by atoms with Crippen LogP contribution in [0.3, 0.4) is 0 Å². The zero-order valence-electron chi connectivity index (χ0n) is 9.55. The van der Waals surface area contributed by atoms with Crippen LogP contribution < -0.4 is 0 Å². The summed E-state index contributed by atoms with van der Waals surface area (Å²) in [5.41, 5.74) is 0.775. The highest BCUT2D eigenvalue weighted by atomic mass is 35.5. The van der Waals surface area contributed by atoms with Crippen molar-refractivity contribution in [3.63, 3.8) is 0 Å². The van der Waals surface area contributed by atoms with Gasteiger partial charge in [-0.05, 0) is 23.8 Å². The minimum Gasteiger partial charge on any atom is -0.258 e. The molecule has 19 heavy (non-hydrogen) atoms. The van der Waals surface area contributed by atoms with Gasteiger partial charge in [-0.15, -0.1) is 10.2 Å². The first kappa shape index (κ1) is 12.9. The van der Waals surface area contributed by atoms with Crippen LogP contribution in [0.4, 0.5) is 5.69 Å². The molecule has 0 radical (unpaired) electrons. The number of hydrogen-bond acceptors (Lipinski definition) is 5. The number of benzene rings is 1. The Balaban J connectivity index is 2.10. The molecule has 0 aliphatic carbocycles. The molecular formula is C11H8ClN5O2. The van der Waals surface area contributed by atoms with Crippen LogP contribution in [0.25, 0.3) is 6.08 Å². The summed E-state index contributed by atoms with van der Waals surface area (Å²) in [6.07, 6.45) is 5.91. The number of halogens is 1. The number of hydrogen-bond donors (Lipinski definition) is 0. The number of rotatable bonds is 4. The van der Waals surface area contributed by atoms with Gasteiger partial charge in [-0.3, -0.25) is 10.1 Å². The van der Waals surface area contributed by atoms with E-state index in [1.165, 1.54) is 35.7 Å². The van der Waals surface area contributed by atoms with E-state index < -0.39 is 4.92 Å². The second kappa shape index (κ2) is 5.87. The number of nitrogens with zero attached hydrogens (tertiary/aromatic N) is 5. The summed E-state index contributed by atoms with van der Waals surface area (Å²) in [5, 5.41) is 22.0. The Morgan fingerprint density at radius 3 is 2.53 bits per heavy atom. The van der Waals surface area contributed by atoms with Crippen molar-refractivity contribution in [2.24, 2.45) is 5.10 Å². The van der Waals surface area contributed by atoms with Crippen molar-refractivity contribution < 1.29 is 4.92 Å². The van der Waals surface area contributed by atoms with Gasteiger partial charge in [0.1, 0.15) is 12.7 Å². The van der Waals surface area contributed by atoms with E-state index in [1.807, 2.05) is 0 Å². The zero-order chi connectivity index (χ0) is 13.7. The first-order valence-electron chi connectivity index (χ1n) is 5.16. The lowest BCUT2D eigenvalue weighted by Gasteiger charge is -1.94. The monoisotopic (exact) mass is 277 g/mol. The largest absolute Gasteiger partial charge is 0.269 e. The smallest absolute Gasteiger partial charge is 0.258 e. The van der Waals surface area contributed by atoms with Crippen LogP contribution in [0.15, 0.2) is 47.1 Å². The molecule has 7 nitrogen and oxygen atoms in total. The second-order valence-corrected chi connectivity index (χ2v) is 3.90. The molecule has 1 heterocycles. The van der Waals surface area contributed by atoms with Gasteiger partial charge in [-0.2, -0.15) is 5.10 Å². The number of nitro benzene ring substituents is 1. The first-order valence-corrected chi connectivity index (χ1v) is 5.53. The van der Waals surface area contributed by atoms with Crippen molar-refractivity contribution in [1.82, 2.24) is 14.9 Å². The maximum atomic E-state index is 10.5. The van der Waals surface area contributed by atoms with Crippen LogP contribution >= 0.6 is 11.6 Å². The molecule has 2 rings (SSSR count). The summed E-state index contributed by atoms with van der Waals surface area (Å²) >= 11 is 5.96. The molecule has 0 amide bonds. The van der Waals surface area contributed by atoms with E-state index in [0.717, 1.165) is 5.56 Å². The van der Waals surface area contributed by atoms with Crippen LogP contribution in [-0.2, 0) is 0 Å². The third-order valence-corrected chi connectivity index (χ3v) is 2.34. The highest BCUT2D eigenvalue weighted by Gasteiger charge is 2.02. The SMILES string of the molecule is O=[N+]([O-])c1ccc(C=C(Cl)C=Nn2cnnc2)cc1. The lowest BCUT2D eigenvalue weighted by atomic mass is 10.2. The number of non-ortho nitro benzene ring substituents is 1. The summed E-state index contributed by atoms with van der Waals surface area (Å²) in [5.74, 6) is 0. The number of nitro groups is 1. The molecule has 1 aromatic heterocycles. The summed E-state index contributed by atoms with van der Waals surface area (Å²) in [4.78, 5) is 10.0. The number of allylic oxidation sites excluding steroid dienone is 1. The fourth-order valence-corrected chi connectivity index (χ4v) is 1.44. The van der Waals surface area contributed by atoms with E-state index in [2.05, 4.69) is 15.3 Å².